The molecule has 0 aliphatic carbocycles. The zero-order chi connectivity index (χ0) is 14.5. The van der Waals surface area contributed by atoms with E-state index in [9.17, 15) is 4.79 Å². The quantitative estimate of drug-likeness (QED) is 0.658. The first-order chi connectivity index (χ1) is 9.59. The number of hydrazone groups is 1. The zero-order valence-corrected chi connectivity index (χ0v) is 12.4. The standard InChI is InChI=1S/C14H9Cl3N2O/c15-11-6-2-1-5-10(11)14(20)19-18-8-9-4-3-7-12(16)13(9)17/h1-8H,(H,19,20)/b18-8+. The molecule has 0 saturated carbocycles. The number of halogens is 3. The van der Waals surface area contributed by atoms with Gasteiger partial charge in [0.2, 0.25) is 0 Å². The largest absolute Gasteiger partial charge is 0.272 e. The Balaban J connectivity index is 2.09. The fourth-order valence-corrected chi connectivity index (χ4v) is 2.06. The van der Waals surface area contributed by atoms with Gasteiger partial charge in [0.25, 0.3) is 5.91 Å². The molecule has 3 nitrogen and oxygen atoms in total. The Bertz CT molecular complexity index is 671. The van der Waals surface area contributed by atoms with E-state index in [4.69, 9.17) is 34.8 Å². The van der Waals surface area contributed by atoms with Crippen molar-refractivity contribution in [2.45, 2.75) is 0 Å². The third-order valence-electron chi connectivity index (χ3n) is 2.47. The van der Waals surface area contributed by atoms with Crippen LogP contribution in [0.5, 0.6) is 0 Å². The molecule has 20 heavy (non-hydrogen) atoms. The summed E-state index contributed by atoms with van der Waals surface area (Å²) in [6.07, 6.45) is 1.42. The van der Waals surface area contributed by atoms with Crippen molar-refractivity contribution in [3.63, 3.8) is 0 Å². The number of benzene rings is 2. The molecule has 0 fully saturated rings. The summed E-state index contributed by atoms with van der Waals surface area (Å²) >= 11 is 17.8. The Morgan fingerprint density at radius 1 is 1.00 bits per heavy atom. The maximum absolute atomic E-state index is 11.8. The van der Waals surface area contributed by atoms with E-state index in [0.717, 1.165) is 0 Å². The van der Waals surface area contributed by atoms with Crippen LogP contribution in [0.2, 0.25) is 15.1 Å². The Hall–Kier alpha value is -1.55. The topological polar surface area (TPSA) is 41.5 Å². The molecule has 0 heterocycles. The second-order valence-electron chi connectivity index (χ2n) is 3.82. The summed E-state index contributed by atoms with van der Waals surface area (Å²) < 4.78 is 0. The van der Waals surface area contributed by atoms with Crippen LogP contribution in [0, 0.1) is 0 Å². The smallest absolute Gasteiger partial charge is 0.267 e. The molecule has 0 bridgehead atoms. The van der Waals surface area contributed by atoms with Crippen molar-refractivity contribution in [1.29, 1.82) is 0 Å². The minimum atomic E-state index is -0.398. The molecule has 0 atom stereocenters. The Morgan fingerprint density at radius 2 is 1.70 bits per heavy atom. The van der Waals surface area contributed by atoms with Gasteiger partial charge in [-0.15, -0.1) is 0 Å². The number of carbonyl (C=O) groups excluding carboxylic acids is 1. The van der Waals surface area contributed by atoms with Gasteiger partial charge < -0.3 is 0 Å². The molecule has 1 amide bonds. The van der Waals surface area contributed by atoms with Crippen molar-refractivity contribution in [2.75, 3.05) is 0 Å². The summed E-state index contributed by atoms with van der Waals surface area (Å²) in [4.78, 5) is 11.8. The van der Waals surface area contributed by atoms with Crippen LogP contribution in [-0.2, 0) is 0 Å². The number of hydrogen-bond acceptors (Lipinski definition) is 2. The van der Waals surface area contributed by atoms with Crippen LogP contribution in [0.3, 0.4) is 0 Å². The SMILES string of the molecule is O=C(N/N=C/c1cccc(Cl)c1Cl)c1ccccc1Cl. The molecule has 0 radical (unpaired) electrons. The molecule has 1 N–H and O–H groups in total. The van der Waals surface area contributed by atoms with Gasteiger partial charge in [0.05, 0.1) is 26.8 Å². The summed E-state index contributed by atoms with van der Waals surface area (Å²) in [6.45, 7) is 0. The maximum atomic E-state index is 11.8. The number of rotatable bonds is 3. The van der Waals surface area contributed by atoms with E-state index in [1.54, 1.807) is 42.5 Å². The van der Waals surface area contributed by atoms with Gasteiger partial charge in [-0.2, -0.15) is 5.10 Å². The minimum Gasteiger partial charge on any atom is -0.267 e. The van der Waals surface area contributed by atoms with E-state index < -0.39 is 5.91 Å². The lowest BCUT2D eigenvalue weighted by molar-refractivity contribution is 0.0955. The van der Waals surface area contributed by atoms with Crippen LogP contribution >= 0.6 is 34.8 Å². The van der Waals surface area contributed by atoms with Crippen molar-refractivity contribution in [2.24, 2.45) is 5.10 Å². The van der Waals surface area contributed by atoms with Gasteiger partial charge in [-0.25, -0.2) is 5.43 Å². The number of amides is 1. The highest BCUT2D eigenvalue weighted by atomic mass is 35.5. The second kappa shape index (κ2) is 6.75. The van der Waals surface area contributed by atoms with Gasteiger partial charge in [-0.05, 0) is 18.2 Å². The predicted octanol–water partition coefficient (Wildman–Crippen LogP) is 4.41. The second-order valence-corrected chi connectivity index (χ2v) is 5.01. The maximum Gasteiger partial charge on any atom is 0.272 e. The minimum absolute atomic E-state index is 0.350. The number of nitrogens with one attached hydrogen (secondary N) is 1. The fraction of sp³-hybridized carbons (Fsp3) is 0. The van der Waals surface area contributed by atoms with Crippen molar-refractivity contribution in [1.82, 2.24) is 5.43 Å². The van der Waals surface area contributed by atoms with Gasteiger partial charge in [-0.3, -0.25) is 4.79 Å². The van der Waals surface area contributed by atoms with Crippen molar-refractivity contribution < 1.29 is 4.79 Å². The third-order valence-corrected chi connectivity index (χ3v) is 3.63. The summed E-state index contributed by atoms with van der Waals surface area (Å²) in [6, 6.07) is 11.9. The molecular weight excluding hydrogens is 319 g/mol. The summed E-state index contributed by atoms with van der Waals surface area (Å²) in [7, 11) is 0. The van der Waals surface area contributed by atoms with Crippen molar-refractivity contribution >= 4 is 46.9 Å². The average Bonchev–Trinajstić information content (AvgIpc) is 2.44. The highest BCUT2D eigenvalue weighted by Gasteiger charge is 2.08. The monoisotopic (exact) mass is 326 g/mol. The number of carbonyl (C=O) groups is 1. The van der Waals surface area contributed by atoms with Crippen LogP contribution in [0.15, 0.2) is 47.6 Å². The molecule has 0 aromatic heterocycles. The molecule has 102 valence electrons. The van der Waals surface area contributed by atoms with E-state index >= 15 is 0 Å². The molecular formula is C14H9Cl3N2O. The zero-order valence-electron chi connectivity index (χ0n) is 10.1. The van der Waals surface area contributed by atoms with Crippen molar-refractivity contribution in [3.05, 3.63) is 68.7 Å². The Morgan fingerprint density at radius 3 is 2.45 bits per heavy atom. The first kappa shape index (κ1) is 14.9. The van der Waals surface area contributed by atoms with E-state index in [1.807, 2.05) is 0 Å². The molecule has 0 unspecified atom stereocenters. The third kappa shape index (κ3) is 3.51. The van der Waals surface area contributed by atoms with E-state index in [1.165, 1.54) is 6.21 Å². The highest BCUT2D eigenvalue weighted by Crippen LogP contribution is 2.24. The van der Waals surface area contributed by atoms with Crippen LogP contribution in [0.4, 0.5) is 0 Å². The molecule has 2 aromatic carbocycles. The van der Waals surface area contributed by atoms with Crippen molar-refractivity contribution in [3.8, 4) is 0 Å². The van der Waals surface area contributed by atoms with E-state index in [-0.39, 0.29) is 0 Å². The lowest BCUT2D eigenvalue weighted by Crippen LogP contribution is -2.17. The summed E-state index contributed by atoms with van der Waals surface area (Å²) in [5.74, 6) is -0.398. The predicted molar refractivity (Wildman–Crippen MR) is 83.0 cm³/mol. The highest BCUT2D eigenvalue weighted by molar-refractivity contribution is 6.43. The van der Waals surface area contributed by atoms with Crippen LogP contribution in [0.25, 0.3) is 0 Å². The van der Waals surface area contributed by atoms with Gasteiger partial charge in [-0.1, -0.05) is 59.1 Å². The van der Waals surface area contributed by atoms with E-state index in [0.29, 0.717) is 26.2 Å². The normalized spacial score (nSPS) is 10.8. The molecule has 6 heteroatoms. The number of nitrogens with zero attached hydrogens (tertiary/aromatic N) is 1. The lowest BCUT2D eigenvalue weighted by atomic mass is 10.2. The Kier molecular flexibility index (Phi) is 5.01. The molecule has 0 aliphatic rings. The average molecular weight is 328 g/mol. The lowest BCUT2D eigenvalue weighted by Gasteiger charge is -2.02. The van der Waals surface area contributed by atoms with Gasteiger partial charge >= 0.3 is 0 Å². The summed E-state index contributed by atoms with van der Waals surface area (Å²) in [5.41, 5.74) is 3.34. The van der Waals surface area contributed by atoms with Gasteiger partial charge in [0, 0.05) is 5.56 Å². The van der Waals surface area contributed by atoms with Gasteiger partial charge in [0.15, 0.2) is 0 Å². The molecule has 2 rings (SSSR count). The van der Waals surface area contributed by atoms with Crippen LogP contribution in [-0.4, -0.2) is 12.1 Å². The van der Waals surface area contributed by atoms with Crippen LogP contribution in [0.1, 0.15) is 15.9 Å². The molecule has 2 aromatic rings. The number of hydrogen-bond donors (Lipinski definition) is 1. The van der Waals surface area contributed by atoms with E-state index in [2.05, 4.69) is 10.5 Å². The molecule has 0 saturated heterocycles. The molecule has 0 spiro atoms. The Labute approximate surface area is 131 Å². The molecule has 0 aliphatic heterocycles. The summed E-state index contributed by atoms with van der Waals surface area (Å²) in [5, 5.41) is 5.00. The fourth-order valence-electron chi connectivity index (χ4n) is 1.49. The first-order valence-corrected chi connectivity index (χ1v) is 6.75. The van der Waals surface area contributed by atoms with Crippen LogP contribution < -0.4 is 5.43 Å². The van der Waals surface area contributed by atoms with Gasteiger partial charge in [0.1, 0.15) is 0 Å². The first-order valence-electron chi connectivity index (χ1n) is 5.61.